The molecular formula is C19H22N2O3. The van der Waals surface area contributed by atoms with Gasteiger partial charge in [0, 0.05) is 6.08 Å². The van der Waals surface area contributed by atoms with Gasteiger partial charge in [-0.1, -0.05) is 38.1 Å². The van der Waals surface area contributed by atoms with Gasteiger partial charge < -0.3 is 4.42 Å². The van der Waals surface area contributed by atoms with E-state index >= 15 is 0 Å². The van der Waals surface area contributed by atoms with Crippen LogP contribution in [0.3, 0.4) is 0 Å². The fraction of sp³-hybridized carbons (Fsp3) is 0.263. The molecule has 5 nitrogen and oxygen atoms in total. The first-order valence-corrected chi connectivity index (χ1v) is 7.82. The van der Waals surface area contributed by atoms with Gasteiger partial charge in [-0.2, -0.15) is 0 Å². The predicted molar refractivity (Wildman–Crippen MR) is 93.4 cm³/mol. The Morgan fingerprint density at radius 2 is 1.75 bits per heavy atom. The molecule has 2 aromatic rings. The minimum atomic E-state index is -0.410. The number of hydrogen-bond acceptors (Lipinski definition) is 3. The summed E-state index contributed by atoms with van der Waals surface area (Å²) in [6.45, 7) is 7.72. The van der Waals surface area contributed by atoms with Gasteiger partial charge in [-0.15, -0.1) is 0 Å². The van der Waals surface area contributed by atoms with E-state index in [1.54, 1.807) is 26.0 Å². The van der Waals surface area contributed by atoms with Gasteiger partial charge >= 0.3 is 0 Å². The van der Waals surface area contributed by atoms with E-state index in [0.29, 0.717) is 23.0 Å². The Kier molecular flexibility index (Phi) is 5.58. The summed E-state index contributed by atoms with van der Waals surface area (Å²) in [4.78, 5) is 23.7. The zero-order valence-corrected chi connectivity index (χ0v) is 14.3. The number of hydrogen-bond donors (Lipinski definition) is 2. The quantitative estimate of drug-likeness (QED) is 0.667. The number of furan rings is 1. The first-order chi connectivity index (χ1) is 11.4. The summed E-state index contributed by atoms with van der Waals surface area (Å²) in [5, 5.41) is 0. The largest absolute Gasteiger partial charge is 0.466 e. The number of carbonyl (C=O) groups is 2. The highest BCUT2D eigenvalue weighted by Crippen LogP contribution is 2.15. The topological polar surface area (TPSA) is 71.3 Å². The minimum absolute atomic E-state index is 0.404. The molecule has 0 aliphatic carbocycles. The van der Waals surface area contributed by atoms with E-state index in [0.717, 1.165) is 5.56 Å². The van der Waals surface area contributed by atoms with Crippen LogP contribution < -0.4 is 10.9 Å². The maximum absolute atomic E-state index is 11.9. The minimum Gasteiger partial charge on any atom is -0.466 e. The molecule has 0 saturated heterocycles. The normalized spacial score (nSPS) is 11.0. The van der Waals surface area contributed by atoms with Crippen LogP contribution in [-0.4, -0.2) is 11.8 Å². The zero-order chi connectivity index (χ0) is 17.7. The fourth-order valence-electron chi connectivity index (χ4n) is 2.25. The number of amides is 2. The molecule has 0 fully saturated rings. The first-order valence-electron chi connectivity index (χ1n) is 7.82. The lowest BCUT2D eigenvalue weighted by Gasteiger charge is -2.05. The van der Waals surface area contributed by atoms with Crippen LogP contribution in [0.4, 0.5) is 0 Å². The molecule has 2 N–H and O–H groups in total. The summed E-state index contributed by atoms with van der Waals surface area (Å²) >= 11 is 0. The van der Waals surface area contributed by atoms with Crippen LogP contribution in [0.15, 0.2) is 40.8 Å². The van der Waals surface area contributed by atoms with Crippen LogP contribution in [0.1, 0.15) is 52.8 Å². The van der Waals surface area contributed by atoms with Crippen molar-refractivity contribution in [3.05, 3.63) is 64.6 Å². The maximum Gasteiger partial charge on any atom is 0.273 e. The molecule has 0 radical (unpaired) electrons. The summed E-state index contributed by atoms with van der Waals surface area (Å²) in [7, 11) is 0. The summed E-state index contributed by atoms with van der Waals surface area (Å²) in [5.74, 6) is 0.812. The molecular weight excluding hydrogens is 304 g/mol. The van der Waals surface area contributed by atoms with Crippen LogP contribution in [0.25, 0.3) is 6.08 Å². The molecule has 0 unspecified atom stereocenters. The second kappa shape index (κ2) is 7.64. The SMILES string of the molecule is Cc1cc(C(=O)NNC(=O)/C=C/c2ccc(C(C)C)cc2)c(C)o1. The number of nitrogens with one attached hydrogen (secondary N) is 2. The van der Waals surface area contributed by atoms with Crippen molar-refractivity contribution in [2.45, 2.75) is 33.6 Å². The van der Waals surface area contributed by atoms with Crippen LogP contribution in [0, 0.1) is 13.8 Å². The molecule has 126 valence electrons. The molecule has 2 rings (SSSR count). The average Bonchev–Trinajstić information content (AvgIpc) is 2.89. The number of carbonyl (C=O) groups excluding carboxylic acids is 2. The summed E-state index contributed by atoms with van der Waals surface area (Å²) in [6, 6.07) is 9.61. The van der Waals surface area contributed by atoms with Crippen molar-refractivity contribution < 1.29 is 14.0 Å². The fourth-order valence-corrected chi connectivity index (χ4v) is 2.25. The van der Waals surface area contributed by atoms with Crippen molar-refractivity contribution in [3.8, 4) is 0 Å². The second-order valence-corrected chi connectivity index (χ2v) is 5.92. The van der Waals surface area contributed by atoms with Crippen LogP contribution in [0.5, 0.6) is 0 Å². The third-order valence-corrected chi connectivity index (χ3v) is 3.62. The predicted octanol–water partition coefficient (Wildman–Crippen LogP) is 3.49. The summed E-state index contributed by atoms with van der Waals surface area (Å²) < 4.78 is 5.29. The van der Waals surface area contributed by atoms with Crippen molar-refractivity contribution in [2.24, 2.45) is 0 Å². The van der Waals surface area contributed by atoms with E-state index in [9.17, 15) is 9.59 Å². The van der Waals surface area contributed by atoms with E-state index in [1.807, 2.05) is 24.3 Å². The highest BCUT2D eigenvalue weighted by molar-refractivity contribution is 5.98. The molecule has 0 atom stereocenters. The van der Waals surface area contributed by atoms with Crippen molar-refractivity contribution >= 4 is 17.9 Å². The van der Waals surface area contributed by atoms with Crippen LogP contribution >= 0.6 is 0 Å². The van der Waals surface area contributed by atoms with E-state index in [2.05, 4.69) is 24.7 Å². The van der Waals surface area contributed by atoms with Gasteiger partial charge in [0.2, 0.25) is 0 Å². The Bertz CT molecular complexity index is 755. The number of aryl methyl sites for hydroxylation is 2. The Hall–Kier alpha value is -2.82. The van der Waals surface area contributed by atoms with E-state index < -0.39 is 11.8 Å². The van der Waals surface area contributed by atoms with Crippen LogP contribution in [0.2, 0.25) is 0 Å². The molecule has 2 amide bonds. The van der Waals surface area contributed by atoms with Crippen LogP contribution in [-0.2, 0) is 4.79 Å². The lowest BCUT2D eigenvalue weighted by Crippen LogP contribution is -2.40. The highest BCUT2D eigenvalue weighted by Gasteiger charge is 2.13. The van der Waals surface area contributed by atoms with Gasteiger partial charge in [0.05, 0.1) is 5.56 Å². The van der Waals surface area contributed by atoms with Gasteiger partial charge in [-0.25, -0.2) is 0 Å². The van der Waals surface area contributed by atoms with Crippen molar-refractivity contribution in [1.29, 1.82) is 0 Å². The van der Waals surface area contributed by atoms with E-state index in [1.165, 1.54) is 11.6 Å². The Morgan fingerprint density at radius 3 is 2.29 bits per heavy atom. The molecule has 1 aromatic carbocycles. The average molecular weight is 326 g/mol. The highest BCUT2D eigenvalue weighted by atomic mass is 16.3. The number of hydrazine groups is 1. The van der Waals surface area contributed by atoms with Crippen molar-refractivity contribution in [1.82, 2.24) is 10.9 Å². The van der Waals surface area contributed by atoms with Gasteiger partial charge in [-0.3, -0.25) is 20.4 Å². The smallest absolute Gasteiger partial charge is 0.273 e. The van der Waals surface area contributed by atoms with Gasteiger partial charge in [0.1, 0.15) is 11.5 Å². The standard InChI is InChI=1S/C19H22N2O3/c1-12(2)16-8-5-15(6-9-16)7-10-18(22)20-21-19(23)17-11-13(3)24-14(17)4/h5-12H,1-4H3,(H,20,22)(H,21,23)/b10-7+. The maximum atomic E-state index is 11.9. The summed E-state index contributed by atoms with van der Waals surface area (Å²) in [6.07, 6.45) is 3.07. The molecule has 1 aromatic heterocycles. The third-order valence-electron chi connectivity index (χ3n) is 3.62. The molecule has 0 bridgehead atoms. The van der Waals surface area contributed by atoms with Gasteiger partial charge in [-0.05, 0) is 43.0 Å². The second-order valence-electron chi connectivity index (χ2n) is 5.92. The summed E-state index contributed by atoms with van der Waals surface area (Å²) in [5.41, 5.74) is 7.28. The molecule has 5 heteroatoms. The lowest BCUT2D eigenvalue weighted by molar-refractivity contribution is -0.117. The third kappa shape index (κ3) is 4.59. The van der Waals surface area contributed by atoms with Crippen molar-refractivity contribution in [3.63, 3.8) is 0 Å². The molecule has 24 heavy (non-hydrogen) atoms. The van der Waals surface area contributed by atoms with Crippen molar-refractivity contribution in [2.75, 3.05) is 0 Å². The Balaban J connectivity index is 1.88. The van der Waals surface area contributed by atoms with Gasteiger partial charge in [0.15, 0.2) is 0 Å². The molecule has 0 spiro atoms. The Morgan fingerprint density at radius 1 is 1.08 bits per heavy atom. The zero-order valence-electron chi connectivity index (χ0n) is 14.3. The van der Waals surface area contributed by atoms with Gasteiger partial charge in [0.25, 0.3) is 11.8 Å². The first kappa shape index (κ1) is 17.5. The van der Waals surface area contributed by atoms with E-state index in [4.69, 9.17) is 4.42 Å². The molecule has 0 aliphatic heterocycles. The number of rotatable bonds is 4. The molecule has 0 aliphatic rings. The molecule has 1 heterocycles. The Labute approximate surface area is 141 Å². The monoisotopic (exact) mass is 326 g/mol. The lowest BCUT2D eigenvalue weighted by atomic mass is 10.0. The number of benzene rings is 1. The van der Waals surface area contributed by atoms with E-state index in [-0.39, 0.29) is 0 Å². The molecule has 0 saturated carbocycles.